The number of carbonyl (C=O) groups excluding carboxylic acids is 4. The maximum absolute atomic E-state index is 13.3. The third-order valence-corrected chi connectivity index (χ3v) is 6.17. The fourth-order valence-corrected chi connectivity index (χ4v) is 4.77. The number of nitrogens with one attached hydrogen (secondary N) is 2. The molecule has 2 N–H and O–H groups in total. The highest BCUT2D eigenvalue weighted by atomic mass is 16.5. The monoisotopic (exact) mass is 369 g/mol. The summed E-state index contributed by atoms with van der Waals surface area (Å²) in [5, 5.41) is 5.55. The van der Waals surface area contributed by atoms with Crippen molar-refractivity contribution in [1.82, 2.24) is 15.5 Å². The van der Waals surface area contributed by atoms with E-state index in [0.717, 1.165) is 36.4 Å². The summed E-state index contributed by atoms with van der Waals surface area (Å²) in [5.41, 5.74) is 1.24. The third-order valence-electron chi connectivity index (χ3n) is 6.17. The molecule has 1 aromatic carbocycles. The molecule has 8 heteroatoms. The quantitative estimate of drug-likeness (QED) is 0.681. The molecule has 0 bridgehead atoms. The Morgan fingerprint density at radius 3 is 2.59 bits per heavy atom. The van der Waals surface area contributed by atoms with Gasteiger partial charge in [-0.1, -0.05) is 0 Å². The average Bonchev–Trinajstić information content (AvgIpc) is 3.13. The van der Waals surface area contributed by atoms with Crippen LogP contribution in [-0.2, 0) is 15.0 Å². The zero-order chi connectivity index (χ0) is 18.8. The van der Waals surface area contributed by atoms with Gasteiger partial charge in [-0.3, -0.25) is 29.4 Å². The molecule has 140 valence electrons. The van der Waals surface area contributed by atoms with E-state index in [0.29, 0.717) is 23.5 Å². The first-order chi connectivity index (χ1) is 13.0. The van der Waals surface area contributed by atoms with Gasteiger partial charge < -0.3 is 10.1 Å². The van der Waals surface area contributed by atoms with E-state index in [2.05, 4.69) is 10.6 Å². The largest absolute Gasteiger partial charge is 0.492 e. The Balaban J connectivity index is 1.59. The highest BCUT2D eigenvalue weighted by Crippen LogP contribution is 2.49. The van der Waals surface area contributed by atoms with Crippen LogP contribution in [0.4, 0.5) is 0 Å². The highest BCUT2D eigenvalue weighted by Gasteiger charge is 2.51. The first-order valence-corrected chi connectivity index (χ1v) is 9.24. The number of hydrogen-bond acceptors (Lipinski definition) is 6. The zero-order valence-corrected chi connectivity index (χ0v) is 14.7. The van der Waals surface area contributed by atoms with E-state index in [9.17, 15) is 19.2 Å². The number of imide groups is 2. The predicted octanol–water partition coefficient (Wildman–Crippen LogP) is 0.101. The Labute approximate surface area is 155 Å². The van der Waals surface area contributed by atoms with Crippen LogP contribution >= 0.6 is 0 Å². The molecule has 8 nitrogen and oxygen atoms in total. The molecule has 4 heterocycles. The van der Waals surface area contributed by atoms with E-state index in [1.807, 2.05) is 0 Å². The molecule has 27 heavy (non-hydrogen) atoms. The number of carbonyl (C=O) groups is 4. The van der Waals surface area contributed by atoms with Crippen LogP contribution in [0, 0.1) is 0 Å². The normalized spacial score (nSPS) is 26.1. The summed E-state index contributed by atoms with van der Waals surface area (Å²) in [4.78, 5) is 51.0. The molecule has 1 atom stereocenters. The van der Waals surface area contributed by atoms with Crippen molar-refractivity contribution in [3.63, 3.8) is 0 Å². The van der Waals surface area contributed by atoms with Gasteiger partial charge in [0, 0.05) is 17.4 Å². The molecule has 0 aromatic heterocycles. The zero-order valence-electron chi connectivity index (χ0n) is 14.7. The van der Waals surface area contributed by atoms with Gasteiger partial charge in [0.25, 0.3) is 11.8 Å². The van der Waals surface area contributed by atoms with Crippen molar-refractivity contribution in [2.75, 3.05) is 19.7 Å². The predicted molar refractivity (Wildman–Crippen MR) is 92.4 cm³/mol. The number of amides is 4. The number of rotatable bonds is 1. The summed E-state index contributed by atoms with van der Waals surface area (Å²) >= 11 is 0. The molecule has 1 spiro atoms. The lowest BCUT2D eigenvalue weighted by Gasteiger charge is -2.33. The molecule has 4 aliphatic rings. The molecule has 4 amide bonds. The summed E-state index contributed by atoms with van der Waals surface area (Å²) in [7, 11) is 0. The van der Waals surface area contributed by atoms with Crippen LogP contribution < -0.4 is 15.4 Å². The van der Waals surface area contributed by atoms with Crippen molar-refractivity contribution in [2.45, 2.75) is 37.1 Å². The molecule has 0 radical (unpaired) electrons. The minimum Gasteiger partial charge on any atom is -0.492 e. The maximum Gasteiger partial charge on any atom is 0.262 e. The Kier molecular flexibility index (Phi) is 3.42. The number of nitrogens with zero attached hydrogens (tertiary/aromatic N) is 1. The van der Waals surface area contributed by atoms with Crippen molar-refractivity contribution in [1.29, 1.82) is 0 Å². The van der Waals surface area contributed by atoms with Gasteiger partial charge in [0.05, 0.1) is 17.7 Å². The Morgan fingerprint density at radius 2 is 1.85 bits per heavy atom. The van der Waals surface area contributed by atoms with Gasteiger partial charge >= 0.3 is 0 Å². The standard InChI is InChI=1S/C19H19N3O5/c23-13-4-2-11(16(24)21-13)22-17(25)10-1-3-12-15(14(10)18(22)26)19(9-27-12)5-7-20-8-6-19/h1,3,11,20H,2,4-9H2,(H,21,23,24). The van der Waals surface area contributed by atoms with Crippen LogP contribution in [0.25, 0.3) is 0 Å². The molecular formula is C19H19N3O5. The first kappa shape index (κ1) is 16.4. The van der Waals surface area contributed by atoms with Crippen LogP contribution in [0.2, 0.25) is 0 Å². The second kappa shape index (κ2) is 5.63. The first-order valence-electron chi connectivity index (χ1n) is 9.24. The van der Waals surface area contributed by atoms with Crippen LogP contribution in [0.5, 0.6) is 5.75 Å². The Hall–Kier alpha value is -2.74. The van der Waals surface area contributed by atoms with Gasteiger partial charge in [-0.25, -0.2) is 0 Å². The van der Waals surface area contributed by atoms with Crippen molar-refractivity contribution < 1.29 is 23.9 Å². The van der Waals surface area contributed by atoms with E-state index >= 15 is 0 Å². The molecule has 1 aromatic rings. The van der Waals surface area contributed by atoms with E-state index in [4.69, 9.17) is 4.74 Å². The molecule has 1 unspecified atom stereocenters. The average molecular weight is 369 g/mol. The van der Waals surface area contributed by atoms with Crippen LogP contribution in [0.3, 0.4) is 0 Å². The third kappa shape index (κ3) is 2.19. The Bertz CT molecular complexity index is 897. The topological polar surface area (TPSA) is 105 Å². The van der Waals surface area contributed by atoms with Crippen molar-refractivity contribution in [3.8, 4) is 5.75 Å². The molecule has 5 rings (SSSR count). The van der Waals surface area contributed by atoms with Gasteiger partial charge in [-0.15, -0.1) is 0 Å². The van der Waals surface area contributed by atoms with Crippen LogP contribution in [0.1, 0.15) is 52.0 Å². The van der Waals surface area contributed by atoms with Crippen molar-refractivity contribution in [3.05, 3.63) is 28.8 Å². The van der Waals surface area contributed by atoms with Gasteiger partial charge in [-0.05, 0) is 44.5 Å². The summed E-state index contributed by atoms with van der Waals surface area (Å²) < 4.78 is 5.88. The fraction of sp³-hybridized carbons (Fsp3) is 0.474. The number of fused-ring (bicyclic) bond motifs is 4. The minimum atomic E-state index is -0.947. The van der Waals surface area contributed by atoms with Gasteiger partial charge in [0.1, 0.15) is 11.8 Å². The van der Waals surface area contributed by atoms with Crippen molar-refractivity contribution >= 4 is 23.6 Å². The number of benzene rings is 1. The molecular weight excluding hydrogens is 350 g/mol. The lowest BCUT2D eigenvalue weighted by molar-refractivity contribution is -0.136. The summed E-state index contributed by atoms with van der Waals surface area (Å²) in [6.07, 6.45) is 1.93. The molecule has 0 saturated carbocycles. The summed E-state index contributed by atoms with van der Waals surface area (Å²) in [5.74, 6) is -1.24. The van der Waals surface area contributed by atoms with E-state index < -0.39 is 23.8 Å². The molecule has 2 saturated heterocycles. The van der Waals surface area contributed by atoms with Gasteiger partial charge in [0.15, 0.2) is 0 Å². The number of piperidine rings is 2. The van der Waals surface area contributed by atoms with Gasteiger partial charge in [-0.2, -0.15) is 0 Å². The smallest absolute Gasteiger partial charge is 0.262 e. The SMILES string of the molecule is O=C1CCC(N2C(=O)c3ccc4c(c3C2=O)C2(CCNCC2)CO4)C(=O)N1. The maximum atomic E-state index is 13.3. The fourth-order valence-electron chi connectivity index (χ4n) is 4.77. The summed E-state index contributed by atoms with van der Waals surface area (Å²) in [6, 6.07) is 2.42. The number of ether oxygens (including phenoxy) is 1. The van der Waals surface area contributed by atoms with Gasteiger partial charge in [0.2, 0.25) is 11.8 Å². The molecule has 0 aliphatic carbocycles. The molecule has 2 fully saturated rings. The second-order valence-electron chi connectivity index (χ2n) is 7.63. The van der Waals surface area contributed by atoms with Crippen LogP contribution in [0.15, 0.2) is 12.1 Å². The lowest BCUT2D eigenvalue weighted by Crippen LogP contribution is -2.54. The Morgan fingerprint density at radius 1 is 1.07 bits per heavy atom. The van der Waals surface area contributed by atoms with Crippen LogP contribution in [-0.4, -0.2) is 54.3 Å². The number of hydrogen-bond donors (Lipinski definition) is 2. The van der Waals surface area contributed by atoms with Crippen molar-refractivity contribution in [2.24, 2.45) is 0 Å². The summed E-state index contributed by atoms with van der Waals surface area (Å²) in [6.45, 7) is 2.15. The van der Waals surface area contributed by atoms with E-state index in [-0.39, 0.29) is 24.2 Å². The second-order valence-corrected chi connectivity index (χ2v) is 7.63. The van der Waals surface area contributed by atoms with E-state index in [1.165, 1.54) is 0 Å². The molecule has 4 aliphatic heterocycles. The van der Waals surface area contributed by atoms with E-state index in [1.54, 1.807) is 12.1 Å². The lowest BCUT2D eigenvalue weighted by atomic mass is 9.72. The highest BCUT2D eigenvalue weighted by molar-refractivity contribution is 6.24. The minimum absolute atomic E-state index is 0.112.